The molecule has 1 rings (SSSR count). The summed E-state index contributed by atoms with van der Waals surface area (Å²) < 4.78 is 4.60. The highest BCUT2D eigenvalue weighted by molar-refractivity contribution is 5.95. The molecule has 0 fully saturated rings. The molecule has 0 bridgehead atoms. The lowest BCUT2D eigenvalue weighted by Crippen LogP contribution is -2.09. The van der Waals surface area contributed by atoms with Crippen LogP contribution < -0.4 is 5.69 Å². The Labute approximate surface area is 72.9 Å². The topological polar surface area (TPSA) is 92.0 Å². The van der Waals surface area contributed by atoms with Crippen molar-refractivity contribution in [1.82, 2.24) is 9.97 Å². The first-order valence-electron chi connectivity index (χ1n) is 3.63. The van der Waals surface area contributed by atoms with Crippen LogP contribution in [-0.4, -0.2) is 28.8 Å². The molecule has 0 atom stereocenters. The van der Waals surface area contributed by atoms with Gasteiger partial charge in [0, 0.05) is 0 Å². The number of ether oxygens (including phenoxy) is 1. The maximum atomic E-state index is 11.1. The molecule has 70 valence electrons. The summed E-state index contributed by atoms with van der Waals surface area (Å²) in [6, 6.07) is 0. The van der Waals surface area contributed by atoms with Gasteiger partial charge in [-0.15, -0.1) is 0 Å². The first-order chi connectivity index (χ1) is 6.19. The van der Waals surface area contributed by atoms with E-state index in [2.05, 4.69) is 14.7 Å². The van der Waals surface area contributed by atoms with E-state index in [-0.39, 0.29) is 18.0 Å². The van der Waals surface area contributed by atoms with Crippen molar-refractivity contribution in [2.45, 2.75) is 6.92 Å². The molecule has 1 aromatic heterocycles. The van der Waals surface area contributed by atoms with Crippen molar-refractivity contribution in [2.75, 3.05) is 6.61 Å². The summed E-state index contributed by atoms with van der Waals surface area (Å²) in [6.07, 6.45) is 0.379. The standard InChI is InChI=1S/C7H8N2O4/c1-2-13-6(11)5-4(3-10)8-7(12)9-5/h3H,2H2,1H3,(H2,8,9,12). The summed E-state index contributed by atoms with van der Waals surface area (Å²) in [5.41, 5.74) is -0.838. The van der Waals surface area contributed by atoms with E-state index in [4.69, 9.17) is 0 Å². The highest BCUT2D eigenvalue weighted by Crippen LogP contribution is 1.98. The third-order valence-corrected chi connectivity index (χ3v) is 1.35. The van der Waals surface area contributed by atoms with E-state index in [9.17, 15) is 14.4 Å². The van der Waals surface area contributed by atoms with Crippen molar-refractivity contribution in [1.29, 1.82) is 0 Å². The van der Waals surface area contributed by atoms with Crippen molar-refractivity contribution in [3.8, 4) is 0 Å². The van der Waals surface area contributed by atoms with E-state index in [0.717, 1.165) is 0 Å². The molecule has 0 spiro atoms. The van der Waals surface area contributed by atoms with E-state index in [0.29, 0.717) is 6.29 Å². The number of carbonyl (C=O) groups is 2. The second-order valence-electron chi connectivity index (χ2n) is 2.21. The van der Waals surface area contributed by atoms with Crippen molar-refractivity contribution in [3.63, 3.8) is 0 Å². The van der Waals surface area contributed by atoms with E-state index in [1.54, 1.807) is 6.92 Å². The summed E-state index contributed by atoms with van der Waals surface area (Å²) in [4.78, 5) is 36.4. The fourth-order valence-electron chi connectivity index (χ4n) is 0.850. The van der Waals surface area contributed by atoms with Crippen LogP contribution in [0.2, 0.25) is 0 Å². The van der Waals surface area contributed by atoms with E-state index in [1.165, 1.54) is 0 Å². The number of hydrogen-bond acceptors (Lipinski definition) is 4. The molecule has 0 aliphatic heterocycles. The molecular formula is C7H8N2O4. The maximum absolute atomic E-state index is 11.1. The molecule has 0 aliphatic carbocycles. The van der Waals surface area contributed by atoms with Crippen LogP contribution in [0.25, 0.3) is 0 Å². The molecule has 0 aliphatic rings. The lowest BCUT2D eigenvalue weighted by atomic mass is 10.3. The molecule has 0 amide bonds. The average molecular weight is 184 g/mol. The number of imidazole rings is 1. The molecule has 2 N–H and O–H groups in total. The minimum Gasteiger partial charge on any atom is -0.461 e. The predicted octanol–water partition coefficient (Wildman–Crippen LogP) is -0.308. The highest BCUT2D eigenvalue weighted by Gasteiger charge is 2.15. The Morgan fingerprint density at radius 2 is 2.23 bits per heavy atom. The number of aromatic amines is 2. The van der Waals surface area contributed by atoms with Gasteiger partial charge >= 0.3 is 11.7 Å². The van der Waals surface area contributed by atoms with Gasteiger partial charge in [-0.1, -0.05) is 0 Å². The van der Waals surface area contributed by atoms with Crippen LogP contribution >= 0.6 is 0 Å². The Bertz CT molecular complexity index is 376. The van der Waals surface area contributed by atoms with Crippen LogP contribution in [0.4, 0.5) is 0 Å². The van der Waals surface area contributed by atoms with Gasteiger partial charge in [-0.05, 0) is 6.92 Å². The molecule has 0 unspecified atom stereocenters. The fourth-order valence-corrected chi connectivity index (χ4v) is 0.850. The number of hydrogen-bond donors (Lipinski definition) is 2. The summed E-state index contributed by atoms with van der Waals surface area (Å²) in [5, 5.41) is 0. The molecule has 6 nitrogen and oxygen atoms in total. The molecule has 6 heteroatoms. The van der Waals surface area contributed by atoms with E-state index < -0.39 is 11.7 Å². The highest BCUT2D eigenvalue weighted by atomic mass is 16.5. The Balaban J connectivity index is 3.05. The normalized spacial score (nSPS) is 9.62. The quantitative estimate of drug-likeness (QED) is 0.498. The molecular weight excluding hydrogens is 176 g/mol. The summed E-state index contributed by atoms with van der Waals surface area (Å²) >= 11 is 0. The number of H-pyrrole nitrogens is 2. The summed E-state index contributed by atoms with van der Waals surface area (Å²) in [6.45, 7) is 1.81. The molecule has 13 heavy (non-hydrogen) atoms. The number of nitrogens with one attached hydrogen (secondary N) is 2. The minimum atomic E-state index is -0.719. The number of aromatic nitrogens is 2. The third kappa shape index (κ3) is 1.84. The Kier molecular flexibility index (Phi) is 2.63. The van der Waals surface area contributed by atoms with Crippen LogP contribution in [0, 0.1) is 0 Å². The van der Waals surface area contributed by atoms with Gasteiger partial charge in [-0.3, -0.25) is 9.78 Å². The molecule has 1 aromatic rings. The second-order valence-corrected chi connectivity index (χ2v) is 2.21. The van der Waals surface area contributed by atoms with Gasteiger partial charge in [0.25, 0.3) is 0 Å². The van der Waals surface area contributed by atoms with Gasteiger partial charge in [0.2, 0.25) is 0 Å². The zero-order valence-electron chi connectivity index (χ0n) is 6.92. The van der Waals surface area contributed by atoms with Crippen molar-refractivity contribution >= 4 is 12.3 Å². The molecule has 0 radical (unpaired) electrons. The van der Waals surface area contributed by atoms with Crippen LogP contribution in [-0.2, 0) is 4.74 Å². The molecule has 0 saturated heterocycles. The molecule has 0 saturated carbocycles. The molecule has 0 aromatic carbocycles. The van der Waals surface area contributed by atoms with Gasteiger partial charge in [0.05, 0.1) is 6.61 Å². The van der Waals surface area contributed by atoms with Gasteiger partial charge in [0.15, 0.2) is 12.0 Å². The number of aldehydes is 1. The second kappa shape index (κ2) is 3.70. The van der Waals surface area contributed by atoms with E-state index >= 15 is 0 Å². The number of esters is 1. The first kappa shape index (κ1) is 9.24. The zero-order chi connectivity index (χ0) is 9.84. The van der Waals surface area contributed by atoms with Crippen molar-refractivity contribution < 1.29 is 14.3 Å². The first-order valence-corrected chi connectivity index (χ1v) is 3.63. The lowest BCUT2D eigenvalue weighted by Gasteiger charge is -1.97. The fraction of sp³-hybridized carbons (Fsp3) is 0.286. The van der Waals surface area contributed by atoms with Crippen LogP contribution in [0.15, 0.2) is 4.79 Å². The monoisotopic (exact) mass is 184 g/mol. The summed E-state index contributed by atoms with van der Waals surface area (Å²) in [7, 11) is 0. The largest absolute Gasteiger partial charge is 0.461 e. The van der Waals surface area contributed by atoms with Gasteiger partial charge < -0.3 is 9.72 Å². The van der Waals surface area contributed by atoms with Gasteiger partial charge in [-0.25, -0.2) is 9.59 Å². The van der Waals surface area contributed by atoms with Crippen molar-refractivity contribution in [3.05, 3.63) is 21.9 Å². The Hall–Kier alpha value is -1.85. The van der Waals surface area contributed by atoms with E-state index in [1.807, 2.05) is 0 Å². The summed E-state index contributed by atoms with van der Waals surface area (Å²) in [5.74, 6) is -0.719. The smallest absolute Gasteiger partial charge is 0.357 e. The van der Waals surface area contributed by atoms with Crippen molar-refractivity contribution in [2.24, 2.45) is 0 Å². The van der Waals surface area contributed by atoms with Crippen LogP contribution in [0.5, 0.6) is 0 Å². The maximum Gasteiger partial charge on any atom is 0.357 e. The van der Waals surface area contributed by atoms with Crippen LogP contribution in [0.3, 0.4) is 0 Å². The average Bonchev–Trinajstić information content (AvgIpc) is 2.47. The number of rotatable bonds is 3. The lowest BCUT2D eigenvalue weighted by molar-refractivity contribution is 0.0517. The number of carbonyl (C=O) groups excluding carboxylic acids is 2. The Morgan fingerprint density at radius 3 is 2.77 bits per heavy atom. The predicted molar refractivity (Wildman–Crippen MR) is 42.8 cm³/mol. The zero-order valence-corrected chi connectivity index (χ0v) is 6.92. The third-order valence-electron chi connectivity index (χ3n) is 1.35. The van der Waals surface area contributed by atoms with Crippen LogP contribution in [0.1, 0.15) is 27.9 Å². The van der Waals surface area contributed by atoms with Gasteiger partial charge in [-0.2, -0.15) is 0 Å². The molecule has 1 heterocycles. The minimum absolute atomic E-state index is 0.0940. The SMILES string of the molecule is CCOC(=O)c1[nH]c(=O)[nH]c1C=O. The Morgan fingerprint density at radius 1 is 1.54 bits per heavy atom. The van der Waals surface area contributed by atoms with Gasteiger partial charge in [0.1, 0.15) is 5.69 Å².